The van der Waals surface area contributed by atoms with E-state index in [1.54, 1.807) is 17.4 Å². The van der Waals surface area contributed by atoms with Crippen LogP contribution in [0.25, 0.3) is 0 Å². The van der Waals surface area contributed by atoms with Crippen molar-refractivity contribution in [3.05, 3.63) is 55.4 Å². The van der Waals surface area contributed by atoms with Gasteiger partial charge in [0.25, 0.3) is 0 Å². The van der Waals surface area contributed by atoms with Crippen molar-refractivity contribution in [1.82, 2.24) is 5.32 Å². The third-order valence-corrected chi connectivity index (χ3v) is 5.21. The average molecular weight is 356 g/mol. The van der Waals surface area contributed by atoms with E-state index in [2.05, 4.69) is 28.2 Å². The molecule has 2 rings (SSSR count). The van der Waals surface area contributed by atoms with E-state index < -0.39 is 0 Å². The van der Waals surface area contributed by atoms with Gasteiger partial charge >= 0.3 is 0 Å². The predicted molar refractivity (Wildman–Crippen MR) is 88.0 cm³/mol. The zero-order chi connectivity index (χ0) is 14.7. The molecule has 20 heavy (non-hydrogen) atoms. The molecule has 0 aliphatic carbocycles. The van der Waals surface area contributed by atoms with Crippen molar-refractivity contribution in [2.75, 3.05) is 6.54 Å². The van der Waals surface area contributed by atoms with Crippen LogP contribution in [-0.4, -0.2) is 6.54 Å². The van der Waals surface area contributed by atoms with Crippen molar-refractivity contribution >= 4 is 27.3 Å². The lowest BCUT2D eigenvalue weighted by Crippen LogP contribution is -2.24. The molecule has 2 aromatic rings. The molecule has 1 heterocycles. The molecule has 0 aliphatic heterocycles. The van der Waals surface area contributed by atoms with E-state index in [9.17, 15) is 4.39 Å². The highest BCUT2D eigenvalue weighted by molar-refractivity contribution is 9.10. The molecule has 0 saturated heterocycles. The van der Waals surface area contributed by atoms with Crippen LogP contribution in [0, 0.1) is 19.7 Å². The minimum Gasteiger partial charge on any atom is -0.305 e. The molecule has 0 saturated carbocycles. The molecular weight excluding hydrogens is 337 g/mol. The summed E-state index contributed by atoms with van der Waals surface area (Å²) in [5.74, 6) is -0.128. The van der Waals surface area contributed by atoms with Crippen LogP contribution in [0.1, 0.15) is 41.0 Å². The number of nitrogens with one attached hydrogen (secondary N) is 1. The van der Waals surface area contributed by atoms with Gasteiger partial charge in [0.1, 0.15) is 5.82 Å². The Balaban J connectivity index is 2.50. The maximum Gasteiger partial charge on any atom is 0.128 e. The third-order valence-electron chi connectivity index (χ3n) is 3.27. The average Bonchev–Trinajstić information content (AvgIpc) is 2.78. The Kier molecular flexibility index (Phi) is 5.35. The highest BCUT2D eigenvalue weighted by atomic mass is 79.9. The fraction of sp³-hybridized carbons (Fsp3) is 0.375. The Morgan fingerprint density at radius 2 is 2.10 bits per heavy atom. The fourth-order valence-corrected chi connectivity index (χ4v) is 4.10. The Morgan fingerprint density at radius 3 is 2.65 bits per heavy atom. The second-order valence-electron chi connectivity index (χ2n) is 5.00. The highest BCUT2D eigenvalue weighted by Crippen LogP contribution is 2.36. The van der Waals surface area contributed by atoms with Crippen molar-refractivity contribution in [3.63, 3.8) is 0 Å². The van der Waals surface area contributed by atoms with Crippen molar-refractivity contribution in [1.29, 1.82) is 0 Å². The van der Waals surface area contributed by atoms with Crippen LogP contribution in [0.4, 0.5) is 4.39 Å². The van der Waals surface area contributed by atoms with Crippen molar-refractivity contribution in [2.45, 2.75) is 33.2 Å². The van der Waals surface area contributed by atoms with E-state index in [1.807, 2.05) is 31.4 Å². The standard InChI is InChI=1S/C16H19BrFNS/c1-4-6-19-15(16-12(17)5-7-20-16)14-11(3)8-10(2)9-13(14)18/h5,7-9,15,19H,4,6H2,1-3H3. The zero-order valence-electron chi connectivity index (χ0n) is 12.0. The van der Waals surface area contributed by atoms with Gasteiger partial charge < -0.3 is 5.32 Å². The summed E-state index contributed by atoms with van der Waals surface area (Å²) >= 11 is 5.22. The largest absolute Gasteiger partial charge is 0.305 e. The Hall–Kier alpha value is -0.710. The molecule has 0 fully saturated rings. The van der Waals surface area contributed by atoms with E-state index in [0.717, 1.165) is 39.0 Å². The minimum atomic E-state index is -0.128. The van der Waals surface area contributed by atoms with E-state index in [-0.39, 0.29) is 11.9 Å². The number of aryl methyl sites for hydroxylation is 2. The molecule has 0 spiro atoms. The van der Waals surface area contributed by atoms with Gasteiger partial charge in [-0.1, -0.05) is 13.0 Å². The summed E-state index contributed by atoms with van der Waals surface area (Å²) in [6.45, 7) is 6.89. The molecule has 1 aromatic heterocycles. The monoisotopic (exact) mass is 355 g/mol. The summed E-state index contributed by atoms with van der Waals surface area (Å²) in [4.78, 5) is 1.13. The molecule has 1 nitrogen and oxygen atoms in total. The molecule has 1 aromatic carbocycles. The summed E-state index contributed by atoms with van der Waals surface area (Å²) < 4.78 is 15.5. The molecule has 0 aliphatic rings. The smallest absolute Gasteiger partial charge is 0.128 e. The summed E-state index contributed by atoms with van der Waals surface area (Å²) in [5.41, 5.74) is 2.71. The van der Waals surface area contributed by atoms with Crippen molar-refractivity contribution < 1.29 is 4.39 Å². The van der Waals surface area contributed by atoms with E-state index in [1.165, 1.54) is 0 Å². The second kappa shape index (κ2) is 6.83. The first-order valence-corrected chi connectivity index (χ1v) is 8.44. The summed E-state index contributed by atoms with van der Waals surface area (Å²) in [6.07, 6.45) is 1.02. The van der Waals surface area contributed by atoms with Crippen LogP contribution in [0.3, 0.4) is 0 Å². The van der Waals surface area contributed by atoms with E-state index in [4.69, 9.17) is 0 Å². The second-order valence-corrected chi connectivity index (χ2v) is 6.80. The van der Waals surface area contributed by atoms with Gasteiger partial charge in [0.15, 0.2) is 0 Å². The number of hydrogen-bond donors (Lipinski definition) is 1. The summed E-state index contributed by atoms with van der Waals surface area (Å²) in [5, 5.41) is 5.50. The van der Waals surface area contributed by atoms with Gasteiger partial charge in [-0.25, -0.2) is 4.39 Å². The van der Waals surface area contributed by atoms with Crippen LogP contribution < -0.4 is 5.32 Å². The van der Waals surface area contributed by atoms with Crippen LogP contribution in [-0.2, 0) is 0 Å². The van der Waals surface area contributed by atoms with Crippen molar-refractivity contribution in [3.8, 4) is 0 Å². The molecule has 1 unspecified atom stereocenters. The first kappa shape index (κ1) is 15.7. The van der Waals surface area contributed by atoms with E-state index in [0.29, 0.717) is 0 Å². The van der Waals surface area contributed by atoms with Gasteiger partial charge in [0.2, 0.25) is 0 Å². The molecule has 1 N–H and O–H groups in total. The summed E-state index contributed by atoms with van der Waals surface area (Å²) in [7, 11) is 0. The first-order valence-electron chi connectivity index (χ1n) is 6.77. The van der Waals surface area contributed by atoms with Gasteiger partial charge in [0.05, 0.1) is 6.04 Å². The maximum atomic E-state index is 14.5. The lowest BCUT2D eigenvalue weighted by atomic mass is 9.97. The van der Waals surface area contributed by atoms with Gasteiger partial charge in [-0.2, -0.15) is 0 Å². The number of hydrogen-bond acceptors (Lipinski definition) is 2. The van der Waals surface area contributed by atoms with Gasteiger partial charge in [-0.15, -0.1) is 11.3 Å². The molecule has 0 amide bonds. The maximum absolute atomic E-state index is 14.5. The number of halogens is 2. The lowest BCUT2D eigenvalue weighted by molar-refractivity contribution is 0.546. The van der Waals surface area contributed by atoms with Crippen LogP contribution in [0.5, 0.6) is 0 Å². The molecule has 4 heteroatoms. The number of thiophene rings is 1. The lowest BCUT2D eigenvalue weighted by Gasteiger charge is -2.21. The number of rotatable bonds is 5. The SMILES string of the molecule is CCCNC(c1sccc1Br)c1c(C)cc(C)cc1F. The normalized spacial score (nSPS) is 12.7. The van der Waals surface area contributed by atoms with Gasteiger partial charge in [-0.05, 0) is 71.4 Å². The minimum absolute atomic E-state index is 0.0927. The predicted octanol–water partition coefficient (Wildman–Crippen LogP) is 5.36. The fourth-order valence-electron chi connectivity index (χ4n) is 2.42. The van der Waals surface area contributed by atoms with Gasteiger partial charge in [0, 0.05) is 14.9 Å². The Morgan fingerprint density at radius 1 is 1.35 bits per heavy atom. The van der Waals surface area contributed by atoms with Crippen LogP contribution >= 0.6 is 27.3 Å². The quantitative estimate of drug-likeness (QED) is 0.761. The summed E-state index contributed by atoms with van der Waals surface area (Å²) in [6, 6.07) is 5.58. The molecule has 1 atom stereocenters. The molecule has 0 radical (unpaired) electrons. The van der Waals surface area contributed by atoms with Crippen molar-refractivity contribution in [2.24, 2.45) is 0 Å². The Bertz CT molecular complexity index is 571. The topological polar surface area (TPSA) is 12.0 Å². The van der Waals surface area contributed by atoms with E-state index >= 15 is 0 Å². The van der Waals surface area contributed by atoms with Gasteiger partial charge in [-0.3, -0.25) is 0 Å². The molecular formula is C16H19BrFNS. The molecule has 108 valence electrons. The Labute approximate surface area is 132 Å². The number of benzene rings is 1. The van der Waals surface area contributed by atoms with Crippen LogP contribution in [0.15, 0.2) is 28.1 Å². The third kappa shape index (κ3) is 3.30. The molecule has 0 bridgehead atoms. The van der Waals surface area contributed by atoms with Crippen LogP contribution in [0.2, 0.25) is 0 Å². The zero-order valence-corrected chi connectivity index (χ0v) is 14.4. The first-order chi connectivity index (χ1) is 9.54. The highest BCUT2D eigenvalue weighted by Gasteiger charge is 2.22.